The molecule has 0 radical (unpaired) electrons. The van der Waals surface area contributed by atoms with Gasteiger partial charge < -0.3 is 10.1 Å². The van der Waals surface area contributed by atoms with Gasteiger partial charge in [0.25, 0.3) is 0 Å². The zero-order valence-electron chi connectivity index (χ0n) is 12.9. The summed E-state index contributed by atoms with van der Waals surface area (Å²) in [5.41, 5.74) is 1.07. The van der Waals surface area contributed by atoms with Crippen LogP contribution >= 0.6 is 0 Å². The normalized spacial score (nSPS) is 12.7. The fraction of sp³-hybridized carbons (Fsp3) is 0.733. The highest BCUT2D eigenvalue weighted by Crippen LogP contribution is 2.22. The summed E-state index contributed by atoms with van der Waals surface area (Å²) in [6.07, 6.45) is 1.97. The lowest BCUT2D eigenvalue weighted by molar-refractivity contribution is 0.0534. The molecule has 1 unspecified atom stereocenters. The third-order valence-electron chi connectivity index (χ3n) is 2.94. The van der Waals surface area contributed by atoms with Gasteiger partial charge in [0.15, 0.2) is 5.82 Å². The lowest BCUT2D eigenvalue weighted by atomic mass is 10.1. The molecule has 19 heavy (non-hydrogen) atoms. The van der Waals surface area contributed by atoms with E-state index in [0.29, 0.717) is 12.5 Å². The molecule has 1 atom stereocenters. The monoisotopic (exact) mass is 265 g/mol. The van der Waals surface area contributed by atoms with Gasteiger partial charge in [0.2, 0.25) is 0 Å². The van der Waals surface area contributed by atoms with Crippen molar-refractivity contribution in [3.8, 4) is 0 Å². The molecule has 4 nitrogen and oxygen atoms in total. The Morgan fingerprint density at radius 1 is 1.21 bits per heavy atom. The second-order valence-electron chi connectivity index (χ2n) is 4.97. The molecule has 4 heteroatoms. The largest absolute Gasteiger partial charge is 0.371 e. The summed E-state index contributed by atoms with van der Waals surface area (Å²) < 4.78 is 5.72. The Balaban J connectivity index is 3.03. The summed E-state index contributed by atoms with van der Waals surface area (Å²) in [5, 5.41) is 3.34. The molecule has 0 saturated heterocycles. The Kier molecular flexibility index (Phi) is 6.78. The molecule has 108 valence electrons. The van der Waals surface area contributed by atoms with Crippen LogP contribution in [0.4, 0.5) is 5.82 Å². The van der Waals surface area contributed by atoms with Gasteiger partial charge in [-0.2, -0.15) is 0 Å². The van der Waals surface area contributed by atoms with E-state index in [1.54, 1.807) is 0 Å². The third-order valence-corrected chi connectivity index (χ3v) is 2.94. The number of nitrogens with one attached hydrogen (secondary N) is 1. The highest BCUT2D eigenvalue weighted by atomic mass is 16.5. The van der Waals surface area contributed by atoms with Gasteiger partial charge in [-0.05, 0) is 25.7 Å². The lowest BCUT2D eigenvalue weighted by Crippen LogP contribution is -2.13. The molecule has 0 bridgehead atoms. The van der Waals surface area contributed by atoms with Crippen LogP contribution in [0.1, 0.15) is 71.0 Å². The average molecular weight is 265 g/mol. The fourth-order valence-electron chi connectivity index (χ4n) is 1.84. The molecular formula is C15H27N3O. The molecule has 1 aromatic heterocycles. The standard InChI is InChI=1S/C15H27N3O/c1-6-9-16-14-10-12(11(4)5)17-15(18-14)13(7-2)19-8-3/h10-11,13H,6-9H2,1-5H3,(H,16,17,18). The Labute approximate surface area is 117 Å². The molecule has 1 rings (SSSR count). The van der Waals surface area contributed by atoms with E-state index in [0.717, 1.165) is 36.7 Å². The maximum Gasteiger partial charge on any atom is 0.159 e. The van der Waals surface area contributed by atoms with Crippen LogP contribution in [0.15, 0.2) is 6.07 Å². The van der Waals surface area contributed by atoms with Crippen LogP contribution in [0.25, 0.3) is 0 Å². The van der Waals surface area contributed by atoms with Gasteiger partial charge in [0.1, 0.15) is 11.9 Å². The van der Waals surface area contributed by atoms with Gasteiger partial charge in [-0.1, -0.05) is 27.7 Å². The summed E-state index contributed by atoms with van der Waals surface area (Å²) in [5.74, 6) is 2.10. The molecule has 0 amide bonds. The molecule has 0 fully saturated rings. The van der Waals surface area contributed by atoms with Crippen molar-refractivity contribution < 1.29 is 4.74 Å². The van der Waals surface area contributed by atoms with E-state index in [9.17, 15) is 0 Å². The minimum Gasteiger partial charge on any atom is -0.371 e. The first-order valence-electron chi connectivity index (χ1n) is 7.36. The van der Waals surface area contributed by atoms with Crippen molar-refractivity contribution in [2.24, 2.45) is 0 Å². The maximum atomic E-state index is 5.72. The zero-order chi connectivity index (χ0) is 14.3. The van der Waals surface area contributed by atoms with Crippen molar-refractivity contribution in [3.05, 3.63) is 17.6 Å². The molecule has 0 aromatic carbocycles. The second-order valence-corrected chi connectivity index (χ2v) is 4.97. The predicted molar refractivity (Wildman–Crippen MR) is 79.6 cm³/mol. The van der Waals surface area contributed by atoms with E-state index in [2.05, 4.69) is 43.0 Å². The number of rotatable bonds is 8. The number of aromatic nitrogens is 2. The highest BCUT2D eigenvalue weighted by Gasteiger charge is 2.16. The van der Waals surface area contributed by atoms with Crippen LogP contribution in [0, 0.1) is 0 Å². The summed E-state index contributed by atoms with van der Waals surface area (Å²) in [7, 11) is 0. The number of hydrogen-bond donors (Lipinski definition) is 1. The van der Waals surface area contributed by atoms with Gasteiger partial charge >= 0.3 is 0 Å². The maximum absolute atomic E-state index is 5.72. The van der Waals surface area contributed by atoms with Crippen LogP contribution < -0.4 is 5.32 Å². The van der Waals surface area contributed by atoms with Crippen LogP contribution in [-0.2, 0) is 4.74 Å². The number of anilines is 1. The van der Waals surface area contributed by atoms with Crippen LogP contribution in [0.3, 0.4) is 0 Å². The molecule has 1 aromatic rings. The van der Waals surface area contributed by atoms with Gasteiger partial charge in [0, 0.05) is 24.9 Å². The summed E-state index contributed by atoms with van der Waals surface area (Å²) in [4.78, 5) is 9.25. The molecule has 1 N–H and O–H groups in total. The van der Waals surface area contributed by atoms with Crippen LogP contribution in [0.2, 0.25) is 0 Å². The van der Waals surface area contributed by atoms with Crippen molar-refractivity contribution >= 4 is 5.82 Å². The van der Waals surface area contributed by atoms with E-state index >= 15 is 0 Å². The summed E-state index contributed by atoms with van der Waals surface area (Å²) in [6.45, 7) is 12.2. The Morgan fingerprint density at radius 3 is 2.47 bits per heavy atom. The molecule has 0 saturated carbocycles. The number of ether oxygens (including phenoxy) is 1. The van der Waals surface area contributed by atoms with E-state index in [-0.39, 0.29) is 6.10 Å². The predicted octanol–water partition coefficient (Wildman–Crippen LogP) is 3.91. The van der Waals surface area contributed by atoms with Crippen LogP contribution in [0.5, 0.6) is 0 Å². The quantitative estimate of drug-likeness (QED) is 0.774. The van der Waals surface area contributed by atoms with Crippen molar-refractivity contribution in [3.63, 3.8) is 0 Å². The zero-order valence-corrected chi connectivity index (χ0v) is 12.9. The molecule has 0 aliphatic rings. The molecule has 0 aliphatic carbocycles. The summed E-state index contributed by atoms with van der Waals surface area (Å²) >= 11 is 0. The van der Waals surface area contributed by atoms with E-state index < -0.39 is 0 Å². The van der Waals surface area contributed by atoms with E-state index in [1.807, 2.05) is 13.0 Å². The Morgan fingerprint density at radius 2 is 1.95 bits per heavy atom. The first-order chi connectivity index (χ1) is 9.12. The Bertz CT molecular complexity index is 380. The minimum atomic E-state index is -0.00845. The van der Waals surface area contributed by atoms with Crippen LogP contribution in [-0.4, -0.2) is 23.1 Å². The third kappa shape index (κ3) is 4.78. The van der Waals surface area contributed by atoms with Crippen molar-refractivity contribution in [2.45, 2.75) is 59.5 Å². The number of nitrogens with zero attached hydrogens (tertiary/aromatic N) is 2. The fourth-order valence-corrected chi connectivity index (χ4v) is 1.84. The van der Waals surface area contributed by atoms with Crippen molar-refractivity contribution in [1.29, 1.82) is 0 Å². The Hall–Kier alpha value is -1.16. The first-order valence-corrected chi connectivity index (χ1v) is 7.36. The van der Waals surface area contributed by atoms with Gasteiger partial charge in [-0.25, -0.2) is 9.97 Å². The van der Waals surface area contributed by atoms with Crippen molar-refractivity contribution in [2.75, 3.05) is 18.5 Å². The summed E-state index contributed by atoms with van der Waals surface area (Å²) in [6, 6.07) is 2.04. The molecule has 0 spiro atoms. The smallest absolute Gasteiger partial charge is 0.159 e. The SMILES string of the molecule is CCCNc1cc(C(C)C)nc(C(CC)OCC)n1. The molecule has 0 aliphatic heterocycles. The minimum absolute atomic E-state index is 0.00845. The van der Waals surface area contributed by atoms with E-state index in [4.69, 9.17) is 4.74 Å². The van der Waals surface area contributed by atoms with Crippen molar-refractivity contribution in [1.82, 2.24) is 9.97 Å². The average Bonchev–Trinajstić information content (AvgIpc) is 2.42. The molecular weight excluding hydrogens is 238 g/mol. The molecule has 1 heterocycles. The van der Waals surface area contributed by atoms with E-state index in [1.165, 1.54) is 0 Å². The van der Waals surface area contributed by atoms with Gasteiger partial charge in [-0.3, -0.25) is 0 Å². The van der Waals surface area contributed by atoms with Gasteiger partial charge in [0.05, 0.1) is 0 Å². The topological polar surface area (TPSA) is 47.0 Å². The van der Waals surface area contributed by atoms with Gasteiger partial charge in [-0.15, -0.1) is 0 Å². The first kappa shape index (κ1) is 15.9. The highest BCUT2D eigenvalue weighted by molar-refractivity contribution is 5.37. The second kappa shape index (κ2) is 8.10. The number of hydrogen-bond acceptors (Lipinski definition) is 4. The lowest BCUT2D eigenvalue weighted by Gasteiger charge is -2.17.